The second-order valence-electron chi connectivity index (χ2n) is 3.36. The summed E-state index contributed by atoms with van der Waals surface area (Å²) in [5.74, 6) is -13.7. The molecule has 0 saturated carbocycles. The SMILES string of the molecule is COCCOC(=S)SC(F)(F)C(F)(F)C(F)(F)C(F)(F)F. The predicted molar refractivity (Wildman–Crippen MR) is 58.9 cm³/mol. The monoisotopic (exact) mass is 370 g/mol. The van der Waals surface area contributed by atoms with E-state index in [4.69, 9.17) is 0 Å². The Bertz CT molecular complexity index is 369. The zero-order valence-electron chi connectivity index (χ0n) is 9.95. The van der Waals surface area contributed by atoms with Gasteiger partial charge < -0.3 is 9.47 Å². The molecule has 126 valence electrons. The van der Waals surface area contributed by atoms with Crippen molar-refractivity contribution in [2.75, 3.05) is 20.3 Å². The molecule has 0 N–H and O–H groups in total. The molecule has 0 saturated heterocycles. The molecule has 0 atom stereocenters. The predicted octanol–water partition coefficient (Wildman–Crippen LogP) is 4.09. The van der Waals surface area contributed by atoms with E-state index in [1.807, 2.05) is 0 Å². The van der Waals surface area contributed by atoms with Crippen molar-refractivity contribution in [2.45, 2.75) is 23.3 Å². The Morgan fingerprint density at radius 3 is 1.76 bits per heavy atom. The lowest BCUT2D eigenvalue weighted by Crippen LogP contribution is -2.59. The molecule has 0 aliphatic rings. The van der Waals surface area contributed by atoms with Crippen molar-refractivity contribution in [1.82, 2.24) is 0 Å². The fraction of sp³-hybridized carbons (Fsp3) is 0.875. The molecule has 13 heteroatoms. The number of thiocarbonyl (C=S) groups is 1. The highest BCUT2D eigenvalue weighted by molar-refractivity contribution is 8.23. The van der Waals surface area contributed by atoms with Crippen molar-refractivity contribution in [3.63, 3.8) is 0 Å². The van der Waals surface area contributed by atoms with Crippen LogP contribution in [0.15, 0.2) is 0 Å². The lowest BCUT2D eigenvalue weighted by molar-refractivity contribution is -0.381. The van der Waals surface area contributed by atoms with Crippen LogP contribution in [0.5, 0.6) is 0 Å². The number of thioether (sulfide) groups is 1. The van der Waals surface area contributed by atoms with E-state index in [0.29, 0.717) is 0 Å². The van der Waals surface area contributed by atoms with Gasteiger partial charge in [-0.15, -0.1) is 0 Å². The van der Waals surface area contributed by atoms with Gasteiger partial charge in [-0.2, -0.15) is 39.5 Å². The maximum absolute atomic E-state index is 13.0. The van der Waals surface area contributed by atoms with Crippen molar-refractivity contribution in [1.29, 1.82) is 0 Å². The summed E-state index contributed by atoms with van der Waals surface area (Å²) in [6, 6.07) is 0. The van der Waals surface area contributed by atoms with E-state index in [-0.39, 0.29) is 6.61 Å². The first-order valence-corrected chi connectivity index (χ1v) is 5.98. The molecule has 0 radical (unpaired) electrons. The number of rotatable bonds is 6. The molecule has 0 aliphatic heterocycles. The summed E-state index contributed by atoms with van der Waals surface area (Å²) in [7, 11) is 1.17. The van der Waals surface area contributed by atoms with Gasteiger partial charge in [0.15, 0.2) is 0 Å². The summed E-state index contributed by atoms with van der Waals surface area (Å²) in [4.78, 5) is 0. The summed E-state index contributed by atoms with van der Waals surface area (Å²) in [5.41, 5.74) is 0. The van der Waals surface area contributed by atoms with Gasteiger partial charge in [-0.05, 0) is 12.2 Å². The van der Waals surface area contributed by atoms with Crippen LogP contribution in [0.4, 0.5) is 39.5 Å². The van der Waals surface area contributed by atoms with Crippen molar-refractivity contribution in [3.05, 3.63) is 0 Å². The first kappa shape index (κ1) is 20.6. The van der Waals surface area contributed by atoms with Crippen molar-refractivity contribution < 1.29 is 49.0 Å². The molecule has 0 spiro atoms. The minimum atomic E-state index is -6.95. The Morgan fingerprint density at radius 1 is 0.905 bits per heavy atom. The molecule has 0 aromatic rings. The summed E-state index contributed by atoms with van der Waals surface area (Å²) < 4.78 is 119. The molecule has 0 amide bonds. The summed E-state index contributed by atoms with van der Waals surface area (Å²) >= 11 is 2.64. The maximum Gasteiger partial charge on any atom is 0.460 e. The molecule has 0 heterocycles. The van der Waals surface area contributed by atoms with E-state index in [9.17, 15) is 39.5 Å². The van der Waals surface area contributed by atoms with Gasteiger partial charge in [0.2, 0.25) is 4.38 Å². The quantitative estimate of drug-likeness (QED) is 0.398. The van der Waals surface area contributed by atoms with Gasteiger partial charge in [0, 0.05) is 18.9 Å². The fourth-order valence-corrected chi connectivity index (χ4v) is 1.77. The number of methoxy groups -OCH3 is 1. The summed E-state index contributed by atoms with van der Waals surface area (Å²) in [6.45, 7) is -0.666. The standard InChI is InChI=1S/C8H7F9O2S2/c1-18-2-3-19-4(20)21-8(16,17)6(11,12)5(9,10)7(13,14)15/h2-3H2,1H3. The maximum atomic E-state index is 13.0. The number of ether oxygens (including phenoxy) is 2. The Balaban J connectivity index is 5.08. The highest BCUT2D eigenvalue weighted by Crippen LogP contribution is 2.56. The van der Waals surface area contributed by atoms with E-state index in [2.05, 4.69) is 21.7 Å². The van der Waals surface area contributed by atoms with Crippen molar-refractivity contribution >= 4 is 28.4 Å². The second kappa shape index (κ2) is 6.77. The highest BCUT2D eigenvalue weighted by Gasteiger charge is 2.82. The smallest absolute Gasteiger partial charge is 0.460 e. The van der Waals surface area contributed by atoms with Gasteiger partial charge in [-0.1, -0.05) is 0 Å². The van der Waals surface area contributed by atoms with Crippen LogP contribution in [0, 0.1) is 0 Å². The first-order valence-electron chi connectivity index (χ1n) is 4.75. The number of alkyl halides is 9. The van der Waals surface area contributed by atoms with Gasteiger partial charge in [0.05, 0.1) is 6.61 Å². The number of hydrogen-bond acceptors (Lipinski definition) is 4. The van der Waals surface area contributed by atoms with Gasteiger partial charge in [0.1, 0.15) is 6.61 Å². The molecular weight excluding hydrogens is 363 g/mol. The zero-order valence-corrected chi connectivity index (χ0v) is 11.6. The largest absolute Gasteiger partial charge is 0.476 e. The third-order valence-electron chi connectivity index (χ3n) is 1.83. The molecular formula is C8H7F9O2S2. The second-order valence-corrected chi connectivity index (χ2v) is 5.07. The van der Waals surface area contributed by atoms with Crippen LogP contribution in [0.3, 0.4) is 0 Å². The van der Waals surface area contributed by atoms with Crippen LogP contribution in [-0.2, 0) is 9.47 Å². The minimum Gasteiger partial charge on any atom is -0.476 e. The Kier molecular flexibility index (Phi) is 6.63. The average molecular weight is 370 g/mol. The topological polar surface area (TPSA) is 18.5 Å². The van der Waals surface area contributed by atoms with Crippen LogP contribution >= 0.6 is 24.0 Å². The van der Waals surface area contributed by atoms with Gasteiger partial charge >= 0.3 is 23.3 Å². The van der Waals surface area contributed by atoms with Crippen LogP contribution in [-0.4, -0.2) is 48.0 Å². The molecule has 21 heavy (non-hydrogen) atoms. The minimum absolute atomic E-state index is 0.193. The zero-order chi connectivity index (χ0) is 17.1. The molecule has 0 unspecified atom stereocenters. The van der Waals surface area contributed by atoms with Gasteiger partial charge in [-0.3, -0.25) is 0 Å². The summed E-state index contributed by atoms with van der Waals surface area (Å²) in [5, 5.41) is -5.84. The van der Waals surface area contributed by atoms with E-state index in [0.717, 1.165) is 0 Å². The Morgan fingerprint density at radius 2 is 1.38 bits per heavy atom. The normalized spacial score (nSPS) is 14.2. The number of hydrogen-bond donors (Lipinski definition) is 0. The third-order valence-corrected chi connectivity index (χ3v) is 3.00. The lowest BCUT2D eigenvalue weighted by Gasteiger charge is -2.32. The molecule has 0 fully saturated rings. The molecule has 0 aliphatic carbocycles. The van der Waals surface area contributed by atoms with Crippen LogP contribution in [0.25, 0.3) is 0 Å². The molecule has 2 nitrogen and oxygen atoms in total. The van der Waals surface area contributed by atoms with E-state index < -0.39 is 46.0 Å². The van der Waals surface area contributed by atoms with Crippen LogP contribution < -0.4 is 0 Å². The molecule has 0 aromatic heterocycles. The molecule has 0 rings (SSSR count). The lowest BCUT2D eigenvalue weighted by atomic mass is 10.1. The van der Waals surface area contributed by atoms with E-state index in [1.165, 1.54) is 7.11 Å². The van der Waals surface area contributed by atoms with Gasteiger partial charge in [-0.25, -0.2) is 0 Å². The third kappa shape index (κ3) is 4.52. The first-order chi connectivity index (χ1) is 9.20. The van der Waals surface area contributed by atoms with Crippen LogP contribution in [0.1, 0.15) is 0 Å². The molecule has 0 aromatic carbocycles. The van der Waals surface area contributed by atoms with E-state index >= 15 is 0 Å². The average Bonchev–Trinajstić information content (AvgIpc) is 2.26. The fourth-order valence-electron chi connectivity index (χ4n) is 0.767. The summed E-state index contributed by atoms with van der Waals surface area (Å²) in [6.07, 6.45) is -6.86. The Labute approximate surface area is 121 Å². The van der Waals surface area contributed by atoms with E-state index in [1.54, 1.807) is 0 Å². The van der Waals surface area contributed by atoms with Crippen molar-refractivity contribution in [2.24, 2.45) is 0 Å². The Hall–Kier alpha value is -0.430. The van der Waals surface area contributed by atoms with Gasteiger partial charge in [0.25, 0.3) is 0 Å². The highest BCUT2D eigenvalue weighted by atomic mass is 32.2. The molecule has 0 bridgehead atoms. The van der Waals surface area contributed by atoms with Crippen LogP contribution in [0.2, 0.25) is 0 Å². The van der Waals surface area contributed by atoms with Crippen molar-refractivity contribution in [3.8, 4) is 0 Å². The number of halogens is 9.